The fourth-order valence-electron chi connectivity index (χ4n) is 2.02. The van der Waals surface area contributed by atoms with Crippen LogP contribution in [0.5, 0.6) is 0 Å². The van der Waals surface area contributed by atoms with E-state index in [0.29, 0.717) is 0 Å². The zero-order chi connectivity index (χ0) is 14.6. The fraction of sp³-hybridized carbons (Fsp3) is 0.235. The van der Waals surface area contributed by atoms with Gasteiger partial charge in [-0.15, -0.1) is 0 Å². The highest BCUT2D eigenvalue weighted by Gasteiger charge is 2.27. The number of anilines is 1. The zero-order valence-electron chi connectivity index (χ0n) is 11.7. The third kappa shape index (κ3) is 3.94. The molecule has 0 aromatic heterocycles. The van der Waals surface area contributed by atoms with Gasteiger partial charge in [0.05, 0.1) is 0 Å². The SMILES string of the molecule is CC(C)(Cc1ccccc1)C(=O)Nc1ccc(Br)cc1. The van der Waals surface area contributed by atoms with Gasteiger partial charge in [-0.1, -0.05) is 60.1 Å². The molecule has 0 atom stereocenters. The predicted octanol–water partition coefficient (Wildman–Crippen LogP) is 4.66. The van der Waals surface area contributed by atoms with Crippen LogP contribution in [0.15, 0.2) is 59.1 Å². The minimum absolute atomic E-state index is 0.0312. The Kier molecular flexibility index (Phi) is 4.61. The van der Waals surface area contributed by atoms with Gasteiger partial charge < -0.3 is 5.32 Å². The van der Waals surface area contributed by atoms with E-state index in [-0.39, 0.29) is 5.91 Å². The van der Waals surface area contributed by atoms with Crippen molar-refractivity contribution in [3.05, 3.63) is 64.6 Å². The van der Waals surface area contributed by atoms with Crippen LogP contribution in [0, 0.1) is 5.41 Å². The lowest BCUT2D eigenvalue weighted by molar-refractivity contribution is -0.123. The summed E-state index contributed by atoms with van der Waals surface area (Å²) < 4.78 is 0.999. The van der Waals surface area contributed by atoms with Crippen LogP contribution in [-0.2, 0) is 11.2 Å². The number of carbonyl (C=O) groups is 1. The highest BCUT2D eigenvalue weighted by atomic mass is 79.9. The highest BCUT2D eigenvalue weighted by Crippen LogP contribution is 2.24. The van der Waals surface area contributed by atoms with Crippen LogP contribution >= 0.6 is 15.9 Å². The molecule has 2 nitrogen and oxygen atoms in total. The van der Waals surface area contributed by atoms with Gasteiger partial charge in [0.2, 0.25) is 5.91 Å². The third-order valence-corrected chi connectivity index (χ3v) is 3.73. The number of amides is 1. The molecular weight excluding hydrogens is 314 g/mol. The van der Waals surface area contributed by atoms with Gasteiger partial charge in [-0.05, 0) is 36.2 Å². The Morgan fingerprint density at radius 2 is 1.65 bits per heavy atom. The van der Waals surface area contributed by atoms with Gasteiger partial charge in [0.25, 0.3) is 0 Å². The molecule has 104 valence electrons. The molecule has 0 aliphatic rings. The van der Waals surface area contributed by atoms with Crippen LogP contribution in [0.3, 0.4) is 0 Å². The molecular formula is C17H18BrNO. The number of nitrogens with one attached hydrogen (secondary N) is 1. The molecule has 0 aliphatic heterocycles. The van der Waals surface area contributed by atoms with Crippen LogP contribution in [0.1, 0.15) is 19.4 Å². The van der Waals surface area contributed by atoms with Crippen molar-refractivity contribution in [3.8, 4) is 0 Å². The maximum Gasteiger partial charge on any atom is 0.230 e. The quantitative estimate of drug-likeness (QED) is 0.867. The van der Waals surface area contributed by atoms with E-state index in [4.69, 9.17) is 0 Å². The molecule has 0 bridgehead atoms. The van der Waals surface area contributed by atoms with E-state index in [0.717, 1.165) is 16.6 Å². The van der Waals surface area contributed by atoms with Crippen molar-refractivity contribution in [1.82, 2.24) is 0 Å². The number of rotatable bonds is 4. The summed E-state index contributed by atoms with van der Waals surface area (Å²) in [6, 6.07) is 17.7. The van der Waals surface area contributed by atoms with Crippen molar-refractivity contribution in [2.45, 2.75) is 20.3 Å². The summed E-state index contributed by atoms with van der Waals surface area (Å²) in [5, 5.41) is 2.97. The topological polar surface area (TPSA) is 29.1 Å². The van der Waals surface area contributed by atoms with Gasteiger partial charge in [-0.3, -0.25) is 4.79 Å². The van der Waals surface area contributed by atoms with Gasteiger partial charge in [-0.25, -0.2) is 0 Å². The molecule has 20 heavy (non-hydrogen) atoms. The van der Waals surface area contributed by atoms with Gasteiger partial charge in [0.15, 0.2) is 0 Å². The monoisotopic (exact) mass is 331 g/mol. The summed E-state index contributed by atoms with van der Waals surface area (Å²) in [5.41, 5.74) is 1.54. The number of carbonyl (C=O) groups excluding carboxylic acids is 1. The maximum atomic E-state index is 12.4. The van der Waals surface area contributed by atoms with E-state index < -0.39 is 5.41 Å². The number of halogens is 1. The standard InChI is InChI=1S/C17H18BrNO/c1-17(2,12-13-6-4-3-5-7-13)16(20)19-15-10-8-14(18)9-11-15/h3-11H,12H2,1-2H3,(H,19,20). The highest BCUT2D eigenvalue weighted by molar-refractivity contribution is 9.10. The molecule has 0 unspecified atom stereocenters. The summed E-state index contributed by atoms with van der Waals surface area (Å²) in [6.07, 6.45) is 0.718. The second-order valence-corrected chi connectivity index (χ2v) is 6.42. The first-order valence-corrected chi connectivity index (χ1v) is 7.38. The Morgan fingerprint density at radius 1 is 1.05 bits per heavy atom. The molecule has 2 rings (SSSR count). The summed E-state index contributed by atoms with van der Waals surface area (Å²) in [4.78, 5) is 12.4. The average Bonchev–Trinajstić information content (AvgIpc) is 2.42. The summed E-state index contributed by atoms with van der Waals surface area (Å²) in [7, 11) is 0. The van der Waals surface area contributed by atoms with Crippen LogP contribution in [0.4, 0.5) is 5.69 Å². The van der Waals surface area contributed by atoms with Crippen LogP contribution in [0.2, 0.25) is 0 Å². The van der Waals surface area contributed by atoms with Gasteiger partial charge in [0, 0.05) is 15.6 Å². The maximum absolute atomic E-state index is 12.4. The van der Waals surface area contributed by atoms with Crippen molar-refractivity contribution in [3.63, 3.8) is 0 Å². The van der Waals surface area contributed by atoms with E-state index in [1.54, 1.807) is 0 Å². The van der Waals surface area contributed by atoms with Crippen molar-refractivity contribution in [2.24, 2.45) is 5.41 Å². The van der Waals surface area contributed by atoms with Crippen LogP contribution < -0.4 is 5.32 Å². The predicted molar refractivity (Wildman–Crippen MR) is 86.7 cm³/mol. The molecule has 0 spiro atoms. The van der Waals surface area contributed by atoms with E-state index in [9.17, 15) is 4.79 Å². The number of hydrogen-bond acceptors (Lipinski definition) is 1. The van der Waals surface area contributed by atoms with Crippen molar-refractivity contribution in [1.29, 1.82) is 0 Å². The van der Waals surface area contributed by atoms with Crippen molar-refractivity contribution in [2.75, 3.05) is 5.32 Å². The van der Waals surface area contributed by atoms with Gasteiger partial charge in [-0.2, -0.15) is 0 Å². The molecule has 2 aromatic rings. The normalized spacial score (nSPS) is 11.2. The number of benzene rings is 2. The Hall–Kier alpha value is -1.61. The van der Waals surface area contributed by atoms with Gasteiger partial charge >= 0.3 is 0 Å². The molecule has 0 saturated heterocycles. The largest absolute Gasteiger partial charge is 0.326 e. The fourth-order valence-corrected chi connectivity index (χ4v) is 2.28. The van der Waals surface area contributed by atoms with E-state index in [2.05, 4.69) is 33.4 Å². The molecule has 2 aromatic carbocycles. The smallest absolute Gasteiger partial charge is 0.230 e. The summed E-state index contributed by atoms with van der Waals surface area (Å²) in [6.45, 7) is 3.93. The van der Waals surface area contributed by atoms with E-state index >= 15 is 0 Å². The second kappa shape index (κ2) is 6.23. The Bertz CT molecular complexity index is 576. The number of hydrogen-bond donors (Lipinski definition) is 1. The first-order valence-electron chi connectivity index (χ1n) is 6.58. The van der Waals surface area contributed by atoms with E-state index in [1.807, 2.05) is 56.3 Å². The second-order valence-electron chi connectivity index (χ2n) is 5.51. The minimum atomic E-state index is -0.450. The summed E-state index contributed by atoms with van der Waals surface area (Å²) >= 11 is 3.38. The van der Waals surface area contributed by atoms with Crippen molar-refractivity contribution >= 4 is 27.5 Å². The lowest BCUT2D eigenvalue weighted by Crippen LogP contribution is -2.32. The lowest BCUT2D eigenvalue weighted by Gasteiger charge is -2.23. The molecule has 1 amide bonds. The third-order valence-electron chi connectivity index (χ3n) is 3.21. The Morgan fingerprint density at radius 3 is 2.25 bits per heavy atom. The zero-order valence-corrected chi connectivity index (χ0v) is 13.3. The van der Waals surface area contributed by atoms with Crippen LogP contribution in [0.25, 0.3) is 0 Å². The minimum Gasteiger partial charge on any atom is -0.326 e. The Balaban J connectivity index is 2.05. The molecule has 1 N–H and O–H groups in total. The molecule has 0 saturated carbocycles. The molecule has 0 radical (unpaired) electrons. The first kappa shape index (κ1) is 14.8. The first-order chi connectivity index (χ1) is 9.47. The van der Waals surface area contributed by atoms with Crippen LogP contribution in [-0.4, -0.2) is 5.91 Å². The Labute approximate surface area is 128 Å². The van der Waals surface area contributed by atoms with Crippen molar-refractivity contribution < 1.29 is 4.79 Å². The van der Waals surface area contributed by atoms with Gasteiger partial charge in [0.1, 0.15) is 0 Å². The van der Waals surface area contributed by atoms with E-state index in [1.165, 1.54) is 5.56 Å². The summed E-state index contributed by atoms with van der Waals surface area (Å²) in [5.74, 6) is 0.0312. The average molecular weight is 332 g/mol. The molecule has 0 aliphatic carbocycles. The molecule has 0 fully saturated rings. The molecule has 0 heterocycles. The molecule has 3 heteroatoms. The lowest BCUT2D eigenvalue weighted by atomic mass is 9.85.